The monoisotopic (exact) mass is 468 g/mol. The number of piperazine rings is 1. The van der Waals surface area contributed by atoms with E-state index in [0.29, 0.717) is 18.1 Å². The van der Waals surface area contributed by atoms with Gasteiger partial charge in [0.15, 0.2) is 0 Å². The number of anilines is 3. The van der Waals surface area contributed by atoms with Crippen molar-refractivity contribution in [1.29, 1.82) is 0 Å². The van der Waals surface area contributed by atoms with Crippen molar-refractivity contribution in [1.82, 2.24) is 15.1 Å². The Kier molecular flexibility index (Phi) is 6.23. The van der Waals surface area contributed by atoms with E-state index < -0.39 is 0 Å². The van der Waals surface area contributed by atoms with Crippen molar-refractivity contribution in [2.45, 2.75) is 39.5 Å². The molecule has 1 atom stereocenters. The number of nitrogens with zero attached hydrogens (tertiary/aromatic N) is 6. The summed E-state index contributed by atoms with van der Waals surface area (Å²) >= 11 is 1.47. The first-order valence-corrected chi connectivity index (χ1v) is 12.8. The van der Waals surface area contributed by atoms with Gasteiger partial charge in [0, 0.05) is 57.9 Å². The Bertz CT molecular complexity index is 1030. The van der Waals surface area contributed by atoms with Crippen LogP contribution in [0.5, 0.6) is 0 Å². The molecule has 33 heavy (non-hydrogen) atoms. The Balaban J connectivity index is 1.19. The van der Waals surface area contributed by atoms with E-state index in [-0.39, 0.29) is 17.7 Å². The van der Waals surface area contributed by atoms with Crippen molar-refractivity contribution in [3.8, 4) is 0 Å². The number of aryl methyl sites for hydroxylation is 1. The van der Waals surface area contributed by atoms with Crippen molar-refractivity contribution in [2.24, 2.45) is 5.92 Å². The highest BCUT2D eigenvalue weighted by atomic mass is 32.1. The molecule has 4 heterocycles. The maximum Gasteiger partial charge on any atom is 0.228 e. The summed E-state index contributed by atoms with van der Waals surface area (Å²) in [5.74, 6) is 0.385. The van der Waals surface area contributed by atoms with Crippen molar-refractivity contribution in [3.05, 3.63) is 29.3 Å². The van der Waals surface area contributed by atoms with Crippen molar-refractivity contribution in [2.75, 3.05) is 60.5 Å². The van der Waals surface area contributed by atoms with Crippen LogP contribution in [0.1, 0.15) is 36.8 Å². The summed E-state index contributed by atoms with van der Waals surface area (Å²) in [7, 11) is 0. The number of piperidine rings is 1. The molecule has 3 fully saturated rings. The van der Waals surface area contributed by atoms with Gasteiger partial charge >= 0.3 is 0 Å². The topological polar surface area (TPSA) is 72.9 Å². The second-order valence-electron chi connectivity index (χ2n) is 9.33. The second-order valence-corrected chi connectivity index (χ2v) is 10.3. The van der Waals surface area contributed by atoms with Gasteiger partial charge in [0.05, 0.1) is 5.92 Å². The zero-order valence-corrected chi connectivity index (χ0v) is 20.3. The molecule has 1 aromatic heterocycles. The number of hydrogen-bond acceptors (Lipinski definition) is 7. The van der Waals surface area contributed by atoms with E-state index >= 15 is 0 Å². The van der Waals surface area contributed by atoms with E-state index in [1.165, 1.54) is 28.2 Å². The molecule has 5 rings (SSSR count). The first kappa shape index (κ1) is 22.1. The summed E-state index contributed by atoms with van der Waals surface area (Å²) < 4.78 is 0. The number of carbonyl (C=O) groups is 2. The van der Waals surface area contributed by atoms with Gasteiger partial charge in [-0.1, -0.05) is 23.5 Å². The largest absolute Gasteiger partial charge is 0.368 e. The highest BCUT2D eigenvalue weighted by molar-refractivity contribution is 7.19. The maximum absolute atomic E-state index is 13.3. The minimum Gasteiger partial charge on any atom is -0.368 e. The molecule has 0 spiro atoms. The standard InChI is InChI=1S/C24H32N6O2S/c1-17-6-3-8-20(18(17)2)27-12-14-28(15-13-27)22(32)19-7-4-10-29(16-19)23-25-26-24(33-23)30-11-5-9-21(30)31/h3,6,8,19H,4-5,7,9-16H2,1-2H3/t19-/m1/s1. The molecule has 0 aliphatic carbocycles. The highest BCUT2D eigenvalue weighted by Gasteiger charge is 2.33. The Morgan fingerprint density at radius 1 is 0.970 bits per heavy atom. The minimum absolute atomic E-state index is 0.00762. The van der Waals surface area contributed by atoms with Crippen molar-refractivity contribution < 1.29 is 9.59 Å². The van der Waals surface area contributed by atoms with Crippen LogP contribution >= 0.6 is 11.3 Å². The Labute approximate surface area is 199 Å². The summed E-state index contributed by atoms with van der Waals surface area (Å²) in [6.45, 7) is 9.89. The van der Waals surface area contributed by atoms with E-state index in [1.54, 1.807) is 4.90 Å². The zero-order chi connectivity index (χ0) is 22.9. The number of hydrogen-bond donors (Lipinski definition) is 0. The van der Waals surface area contributed by atoms with Crippen LogP contribution in [-0.4, -0.2) is 72.7 Å². The Morgan fingerprint density at radius 3 is 2.52 bits per heavy atom. The van der Waals surface area contributed by atoms with Crippen LogP contribution < -0.4 is 14.7 Å². The van der Waals surface area contributed by atoms with E-state index in [2.05, 4.69) is 52.0 Å². The summed E-state index contributed by atoms with van der Waals surface area (Å²) in [4.78, 5) is 33.7. The fourth-order valence-electron chi connectivity index (χ4n) is 5.15. The summed E-state index contributed by atoms with van der Waals surface area (Å²) in [6.07, 6.45) is 3.36. The molecular weight excluding hydrogens is 436 g/mol. The first-order valence-electron chi connectivity index (χ1n) is 12.0. The Morgan fingerprint density at radius 2 is 1.76 bits per heavy atom. The van der Waals surface area contributed by atoms with Crippen LogP contribution in [0, 0.1) is 19.8 Å². The van der Waals surface area contributed by atoms with Gasteiger partial charge in [0.25, 0.3) is 0 Å². The van der Waals surface area contributed by atoms with Crippen LogP contribution in [0.25, 0.3) is 0 Å². The third kappa shape index (κ3) is 4.43. The van der Waals surface area contributed by atoms with Gasteiger partial charge < -0.3 is 14.7 Å². The molecule has 3 aliphatic rings. The summed E-state index contributed by atoms with van der Waals surface area (Å²) in [5, 5.41) is 10.1. The molecule has 9 heteroatoms. The molecule has 0 N–H and O–H groups in total. The molecule has 1 aromatic carbocycles. The van der Waals surface area contributed by atoms with Gasteiger partial charge in [0.2, 0.25) is 22.1 Å². The van der Waals surface area contributed by atoms with Crippen LogP contribution in [0.3, 0.4) is 0 Å². The summed E-state index contributed by atoms with van der Waals surface area (Å²) in [5.41, 5.74) is 3.92. The zero-order valence-electron chi connectivity index (χ0n) is 19.5. The van der Waals surface area contributed by atoms with Crippen LogP contribution in [-0.2, 0) is 9.59 Å². The van der Waals surface area contributed by atoms with Gasteiger partial charge in [-0.25, -0.2) is 0 Å². The molecule has 0 bridgehead atoms. The number of rotatable bonds is 4. The third-order valence-corrected chi connectivity index (χ3v) is 8.26. The molecule has 2 aromatic rings. The van der Waals surface area contributed by atoms with Crippen LogP contribution in [0.4, 0.5) is 16.0 Å². The lowest BCUT2D eigenvalue weighted by atomic mass is 9.96. The number of aromatic nitrogens is 2. The van der Waals surface area contributed by atoms with Gasteiger partial charge in [-0.15, -0.1) is 10.2 Å². The molecule has 3 saturated heterocycles. The molecule has 0 radical (unpaired) electrons. The third-order valence-electron chi connectivity index (χ3n) is 7.26. The predicted octanol–water partition coefficient (Wildman–Crippen LogP) is 2.85. The quantitative estimate of drug-likeness (QED) is 0.687. The van der Waals surface area contributed by atoms with Crippen LogP contribution in [0.15, 0.2) is 18.2 Å². The lowest BCUT2D eigenvalue weighted by Crippen LogP contribution is -2.52. The van der Waals surface area contributed by atoms with Crippen molar-refractivity contribution >= 4 is 39.1 Å². The summed E-state index contributed by atoms with van der Waals surface area (Å²) in [6, 6.07) is 6.45. The Hall–Kier alpha value is -2.68. The van der Waals surface area contributed by atoms with E-state index in [0.717, 1.165) is 63.7 Å². The van der Waals surface area contributed by atoms with Gasteiger partial charge in [0.1, 0.15) is 0 Å². The van der Waals surface area contributed by atoms with E-state index in [1.807, 2.05) is 4.90 Å². The molecular formula is C24H32N6O2S. The van der Waals surface area contributed by atoms with E-state index in [4.69, 9.17) is 0 Å². The average molecular weight is 469 g/mol. The second kappa shape index (κ2) is 9.29. The molecule has 0 unspecified atom stereocenters. The fraction of sp³-hybridized carbons (Fsp3) is 0.583. The van der Waals surface area contributed by atoms with Gasteiger partial charge in [-0.05, 0) is 50.3 Å². The number of benzene rings is 1. The fourth-order valence-corrected chi connectivity index (χ4v) is 6.08. The lowest BCUT2D eigenvalue weighted by molar-refractivity contribution is -0.136. The lowest BCUT2D eigenvalue weighted by Gasteiger charge is -2.40. The highest BCUT2D eigenvalue weighted by Crippen LogP contribution is 2.33. The first-order chi connectivity index (χ1) is 16.0. The van der Waals surface area contributed by atoms with Gasteiger partial charge in [-0.3, -0.25) is 14.5 Å². The van der Waals surface area contributed by atoms with Gasteiger partial charge in [-0.2, -0.15) is 0 Å². The average Bonchev–Trinajstić information content (AvgIpc) is 3.50. The molecule has 3 aliphatic heterocycles. The number of amides is 2. The molecule has 176 valence electrons. The molecule has 8 nitrogen and oxygen atoms in total. The van der Waals surface area contributed by atoms with Crippen molar-refractivity contribution in [3.63, 3.8) is 0 Å². The minimum atomic E-state index is -0.00762. The maximum atomic E-state index is 13.3. The normalized spacial score (nSPS) is 21.8. The predicted molar refractivity (Wildman–Crippen MR) is 131 cm³/mol. The SMILES string of the molecule is Cc1cccc(N2CCN(C(=O)[C@@H]3CCCN(c4nnc(N5CCCC5=O)s4)C3)CC2)c1C. The van der Waals surface area contributed by atoms with Crippen LogP contribution in [0.2, 0.25) is 0 Å². The molecule has 2 amide bonds. The molecule has 0 saturated carbocycles. The number of carbonyl (C=O) groups excluding carboxylic acids is 2. The van der Waals surface area contributed by atoms with E-state index in [9.17, 15) is 9.59 Å². The smallest absolute Gasteiger partial charge is 0.228 e.